The topological polar surface area (TPSA) is 85.1 Å². The van der Waals surface area contributed by atoms with E-state index in [1.54, 1.807) is 16.2 Å². The van der Waals surface area contributed by atoms with E-state index in [4.69, 9.17) is 0 Å². The third-order valence-electron chi connectivity index (χ3n) is 4.94. The summed E-state index contributed by atoms with van der Waals surface area (Å²) in [6.07, 6.45) is 0.116. The fourth-order valence-corrected chi connectivity index (χ4v) is 3.14. The first-order valence-electron chi connectivity index (χ1n) is 9.15. The van der Waals surface area contributed by atoms with Crippen LogP contribution in [-0.2, 0) is 23.2 Å². The number of carbonyl (C=O) groups excluding carboxylic acids is 2. The summed E-state index contributed by atoms with van der Waals surface area (Å²) in [5.74, 6) is -0.569. The van der Waals surface area contributed by atoms with Gasteiger partial charge in [0.15, 0.2) is 0 Å². The van der Waals surface area contributed by atoms with Gasteiger partial charge in [-0.25, -0.2) is 4.79 Å². The number of para-hydroxylation sites is 2. The molecule has 146 valence electrons. The van der Waals surface area contributed by atoms with Gasteiger partial charge in [0.25, 0.3) is 0 Å². The molecule has 3 rings (SSSR count). The molecule has 0 saturated carbocycles. The number of imidazole rings is 1. The molecule has 2 aromatic carbocycles. The van der Waals surface area contributed by atoms with E-state index in [1.807, 2.05) is 56.3 Å². The number of nitrogens with one attached hydrogen (secondary N) is 2. The van der Waals surface area contributed by atoms with E-state index in [0.717, 1.165) is 27.8 Å². The van der Waals surface area contributed by atoms with Crippen molar-refractivity contribution in [1.29, 1.82) is 0 Å². The molecule has 0 unspecified atom stereocenters. The molecule has 0 atom stereocenters. The molecule has 0 bridgehead atoms. The number of carbonyl (C=O) groups is 2. The van der Waals surface area contributed by atoms with Gasteiger partial charge in [0, 0.05) is 25.7 Å². The Hall–Kier alpha value is -3.35. The van der Waals surface area contributed by atoms with E-state index in [0.29, 0.717) is 0 Å². The van der Waals surface area contributed by atoms with Crippen LogP contribution >= 0.6 is 0 Å². The number of anilines is 1. The van der Waals surface area contributed by atoms with Gasteiger partial charge in [0.05, 0.1) is 17.6 Å². The van der Waals surface area contributed by atoms with Crippen molar-refractivity contribution < 1.29 is 9.59 Å². The van der Waals surface area contributed by atoms with Crippen LogP contribution in [0.15, 0.2) is 47.3 Å². The van der Waals surface area contributed by atoms with Crippen LogP contribution in [0.4, 0.5) is 5.69 Å². The summed E-state index contributed by atoms with van der Waals surface area (Å²) in [4.78, 5) is 36.6. The molecule has 0 fully saturated rings. The molecule has 28 heavy (non-hydrogen) atoms. The number of nitrogens with zero attached hydrogens (tertiary/aromatic N) is 2. The third-order valence-corrected chi connectivity index (χ3v) is 4.94. The van der Waals surface area contributed by atoms with Crippen LogP contribution in [0, 0.1) is 13.8 Å². The Bertz CT molecular complexity index is 1090. The molecule has 2 amide bonds. The summed E-state index contributed by atoms with van der Waals surface area (Å²) in [6.45, 7) is 4.05. The third kappa shape index (κ3) is 3.98. The molecule has 3 aromatic rings. The number of aryl methyl sites for hydroxylation is 3. The smallest absolute Gasteiger partial charge is 0.328 e. The molecule has 0 spiro atoms. The predicted molar refractivity (Wildman–Crippen MR) is 109 cm³/mol. The highest BCUT2D eigenvalue weighted by Crippen LogP contribution is 2.17. The quantitative estimate of drug-likeness (QED) is 0.687. The summed E-state index contributed by atoms with van der Waals surface area (Å²) in [5, 5.41) is 5.41. The Kier molecular flexibility index (Phi) is 5.63. The Morgan fingerprint density at radius 3 is 2.43 bits per heavy atom. The van der Waals surface area contributed by atoms with Gasteiger partial charge in [-0.3, -0.25) is 18.7 Å². The van der Waals surface area contributed by atoms with E-state index in [2.05, 4.69) is 10.6 Å². The van der Waals surface area contributed by atoms with Crippen molar-refractivity contribution in [2.45, 2.75) is 26.8 Å². The lowest BCUT2D eigenvalue weighted by Crippen LogP contribution is -2.34. The van der Waals surface area contributed by atoms with Crippen LogP contribution in [0.3, 0.4) is 0 Å². The number of aromatic nitrogens is 2. The second kappa shape index (κ2) is 8.12. The Balaban J connectivity index is 1.55. The Morgan fingerprint density at radius 2 is 1.68 bits per heavy atom. The molecular weight excluding hydrogens is 356 g/mol. The SMILES string of the molecule is Cc1cccc(NC(=O)CNC(=O)CCn2c(=O)n(C)c3ccccc32)c1C. The predicted octanol–water partition coefficient (Wildman–Crippen LogP) is 2.10. The van der Waals surface area contributed by atoms with Crippen molar-refractivity contribution in [2.24, 2.45) is 7.05 Å². The van der Waals surface area contributed by atoms with E-state index < -0.39 is 0 Å². The van der Waals surface area contributed by atoms with Gasteiger partial charge in [-0.2, -0.15) is 0 Å². The fourth-order valence-electron chi connectivity index (χ4n) is 3.14. The summed E-state index contributed by atoms with van der Waals surface area (Å²) >= 11 is 0. The first-order valence-corrected chi connectivity index (χ1v) is 9.15. The monoisotopic (exact) mass is 380 g/mol. The molecule has 0 radical (unpaired) electrons. The lowest BCUT2D eigenvalue weighted by atomic mass is 10.1. The molecule has 1 heterocycles. The molecule has 0 aliphatic rings. The van der Waals surface area contributed by atoms with Crippen LogP contribution in [-0.4, -0.2) is 27.5 Å². The van der Waals surface area contributed by atoms with Crippen molar-refractivity contribution in [3.63, 3.8) is 0 Å². The average molecular weight is 380 g/mol. The summed E-state index contributed by atoms with van der Waals surface area (Å²) in [6, 6.07) is 13.1. The minimum Gasteiger partial charge on any atom is -0.347 e. The largest absolute Gasteiger partial charge is 0.347 e. The number of benzene rings is 2. The number of hydrogen-bond acceptors (Lipinski definition) is 3. The van der Waals surface area contributed by atoms with E-state index in [1.165, 1.54) is 0 Å². The molecule has 7 nitrogen and oxygen atoms in total. The molecule has 2 N–H and O–H groups in total. The second-order valence-corrected chi connectivity index (χ2v) is 6.80. The summed E-state index contributed by atoms with van der Waals surface area (Å²) in [5.41, 5.74) is 4.26. The molecule has 0 aliphatic heterocycles. The number of amides is 2. The van der Waals surface area contributed by atoms with Crippen LogP contribution in [0.25, 0.3) is 11.0 Å². The van der Waals surface area contributed by atoms with Gasteiger partial charge in [-0.1, -0.05) is 24.3 Å². The van der Waals surface area contributed by atoms with Crippen molar-refractivity contribution in [2.75, 3.05) is 11.9 Å². The molecule has 0 saturated heterocycles. The zero-order chi connectivity index (χ0) is 20.3. The van der Waals surface area contributed by atoms with Crippen molar-refractivity contribution >= 4 is 28.5 Å². The minimum absolute atomic E-state index is 0.114. The van der Waals surface area contributed by atoms with Crippen molar-refractivity contribution in [1.82, 2.24) is 14.5 Å². The maximum Gasteiger partial charge on any atom is 0.328 e. The van der Waals surface area contributed by atoms with E-state index in [-0.39, 0.29) is 37.0 Å². The maximum atomic E-state index is 12.4. The van der Waals surface area contributed by atoms with Crippen LogP contribution in [0.5, 0.6) is 0 Å². The minimum atomic E-state index is -0.288. The zero-order valence-electron chi connectivity index (χ0n) is 16.3. The van der Waals surface area contributed by atoms with Gasteiger partial charge in [-0.05, 0) is 43.2 Å². The molecular formula is C21H24N4O3. The Morgan fingerprint density at radius 1 is 0.964 bits per heavy atom. The average Bonchev–Trinajstić information content (AvgIpc) is 2.93. The summed E-state index contributed by atoms with van der Waals surface area (Å²) in [7, 11) is 1.71. The summed E-state index contributed by atoms with van der Waals surface area (Å²) < 4.78 is 3.13. The molecule has 7 heteroatoms. The van der Waals surface area contributed by atoms with Gasteiger partial charge < -0.3 is 10.6 Å². The van der Waals surface area contributed by atoms with Crippen LogP contribution < -0.4 is 16.3 Å². The highest BCUT2D eigenvalue weighted by atomic mass is 16.2. The number of hydrogen-bond donors (Lipinski definition) is 2. The lowest BCUT2D eigenvalue weighted by Gasteiger charge is -2.11. The van der Waals surface area contributed by atoms with Crippen LogP contribution in [0.2, 0.25) is 0 Å². The fraction of sp³-hybridized carbons (Fsp3) is 0.286. The number of fused-ring (bicyclic) bond motifs is 1. The first kappa shape index (κ1) is 19.4. The highest BCUT2D eigenvalue weighted by molar-refractivity contribution is 5.95. The van der Waals surface area contributed by atoms with Crippen LogP contribution in [0.1, 0.15) is 17.5 Å². The second-order valence-electron chi connectivity index (χ2n) is 6.80. The molecule has 0 aliphatic carbocycles. The number of rotatable bonds is 6. The van der Waals surface area contributed by atoms with Gasteiger partial charge in [0.1, 0.15) is 0 Å². The lowest BCUT2D eigenvalue weighted by molar-refractivity contribution is -0.124. The maximum absolute atomic E-state index is 12.4. The van der Waals surface area contributed by atoms with Gasteiger partial charge >= 0.3 is 5.69 Å². The van der Waals surface area contributed by atoms with E-state index >= 15 is 0 Å². The van der Waals surface area contributed by atoms with Gasteiger partial charge in [-0.15, -0.1) is 0 Å². The van der Waals surface area contributed by atoms with Crippen molar-refractivity contribution in [3.05, 3.63) is 64.1 Å². The van der Waals surface area contributed by atoms with Crippen molar-refractivity contribution in [3.8, 4) is 0 Å². The Labute approximate surface area is 163 Å². The van der Waals surface area contributed by atoms with E-state index in [9.17, 15) is 14.4 Å². The molecule has 1 aromatic heterocycles. The zero-order valence-corrected chi connectivity index (χ0v) is 16.3. The first-order chi connectivity index (χ1) is 13.4. The van der Waals surface area contributed by atoms with Gasteiger partial charge in [0.2, 0.25) is 11.8 Å². The highest BCUT2D eigenvalue weighted by Gasteiger charge is 2.12. The normalized spacial score (nSPS) is 10.8. The standard InChI is InChI=1S/C21H24N4O3/c1-14-7-6-8-16(15(14)2)23-20(27)13-22-19(26)11-12-25-18-10-5-4-9-17(18)24(3)21(25)28/h4-10H,11-13H2,1-3H3,(H,22,26)(H,23,27).